The summed E-state index contributed by atoms with van der Waals surface area (Å²) in [5.74, 6) is 0.203. The number of aryl methyl sites for hydroxylation is 8. The molecule has 0 aliphatic rings. The quantitative estimate of drug-likeness (QED) is 0.0748. The van der Waals surface area contributed by atoms with Crippen LogP contribution in [0.5, 0.6) is 0 Å². The highest BCUT2D eigenvalue weighted by Crippen LogP contribution is 2.31. The fourth-order valence-corrected chi connectivity index (χ4v) is 7.88. The summed E-state index contributed by atoms with van der Waals surface area (Å²) < 4.78 is 0. The van der Waals surface area contributed by atoms with Crippen LogP contribution in [0.15, 0.2) is 146 Å². The third-order valence-electron chi connectivity index (χ3n) is 10.5. The topological polar surface area (TPSA) is 64.4 Å². The number of nitrogens with one attached hydrogen (secondary N) is 3. The van der Waals surface area contributed by atoms with Crippen molar-refractivity contribution in [2.24, 2.45) is 0 Å². The van der Waals surface area contributed by atoms with E-state index < -0.39 is 0 Å². The van der Waals surface area contributed by atoms with Gasteiger partial charge in [-0.2, -0.15) is 0 Å². The summed E-state index contributed by atoms with van der Waals surface area (Å²) in [7, 11) is 0. The predicted molar refractivity (Wildman–Crippen MR) is 245 cm³/mol. The average molecular weight is 772 g/mol. The summed E-state index contributed by atoms with van der Waals surface area (Å²) in [6, 6.07) is 43.8. The van der Waals surface area contributed by atoms with Gasteiger partial charge in [-0.1, -0.05) is 132 Å². The van der Waals surface area contributed by atoms with Gasteiger partial charge in [0.1, 0.15) is 6.29 Å². The van der Waals surface area contributed by atoms with Crippen LogP contribution in [0.1, 0.15) is 131 Å². The molecule has 3 aromatic heterocycles. The van der Waals surface area contributed by atoms with Crippen molar-refractivity contribution >= 4 is 6.29 Å². The normalized spacial score (nSPS) is 10.8. The van der Waals surface area contributed by atoms with Crippen molar-refractivity contribution < 1.29 is 4.79 Å². The lowest BCUT2D eigenvalue weighted by Crippen LogP contribution is -2.05. The maximum absolute atomic E-state index is 10.9. The van der Waals surface area contributed by atoms with E-state index in [9.17, 15) is 4.79 Å². The number of aldehydes is 1. The van der Waals surface area contributed by atoms with Crippen LogP contribution in [-0.2, 0) is 51.4 Å². The highest BCUT2D eigenvalue weighted by atomic mass is 16.1. The molecule has 0 spiro atoms. The first-order valence-corrected chi connectivity index (χ1v) is 21.7. The van der Waals surface area contributed by atoms with Gasteiger partial charge >= 0.3 is 0 Å². The lowest BCUT2D eigenvalue weighted by molar-refractivity contribution is 0.112. The van der Waals surface area contributed by atoms with Crippen molar-refractivity contribution in [3.8, 4) is 0 Å². The van der Waals surface area contributed by atoms with Gasteiger partial charge in [0.05, 0.1) is 5.92 Å². The Labute approximate surface area is 348 Å². The zero-order chi connectivity index (χ0) is 40.8. The van der Waals surface area contributed by atoms with Crippen LogP contribution in [0.2, 0.25) is 0 Å². The molecular formula is C54H65N3O. The van der Waals surface area contributed by atoms with E-state index in [1.54, 1.807) is 0 Å². The average Bonchev–Trinajstić information content (AvgIpc) is 4.08. The molecule has 4 heteroatoms. The highest BCUT2D eigenvalue weighted by molar-refractivity contribution is 5.74. The third kappa shape index (κ3) is 14.1. The van der Waals surface area contributed by atoms with Gasteiger partial charge in [0, 0.05) is 41.7 Å². The Morgan fingerprint density at radius 3 is 1.21 bits per heavy atom. The molecular weight excluding hydrogens is 707 g/mol. The zero-order valence-corrected chi connectivity index (χ0v) is 35.4. The summed E-state index contributed by atoms with van der Waals surface area (Å²) in [6.45, 7) is 9.00. The van der Waals surface area contributed by atoms with Gasteiger partial charge in [-0.15, -0.1) is 0 Å². The molecule has 302 valence electrons. The van der Waals surface area contributed by atoms with E-state index in [1.807, 2.05) is 55.1 Å². The molecule has 7 rings (SSSR count). The zero-order valence-electron chi connectivity index (χ0n) is 35.4. The molecule has 3 N–H and O–H groups in total. The monoisotopic (exact) mass is 772 g/mol. The van der Waals surface area contributed by atoms with Crippen molar-refractivity contribution in [3.05, 3.63) is 213 Å². The molecule has 0 aliphatic heterocycles. The smallest absolute Gasteiger partial charge is 0.150 e. The molecule has 0 aliphatic carbocycles. The molecule has 4 aromatic carbocycles. The van der Waals surface area contributed by atoms with E-state index in [1.165, 1.54) is 100.0 Å². The third-order valence-corrected chi connectivity index (χ3v) is 10.5. The van der Waals surface area contributed by atoms with Crippen LogP contribution < -0.4 is 0 Å². The number of carbonyl (C=O) groups is 1. The largest absolute Gasteiger partial charge is 0.368 e. The van der Waals surface area contributed by atoms with E-state index in [-0.39, 0.29) is 5.92 Å². The number of benzene rings is 4. The maximum Gasteiger partial charge on any atom is 0.150 e. The first kappa shape index (κ1) is 43.5. The Morgan fingerprint density at radius 2 is 0.828 bits per heavy atom. The minimum absolute atomic E-state index is 0.203. The number of carbonyl (C=O) groups excluding carboxylic acids is 1. The second-order valence-corrected chi connectivity index (χ2v) is 15.5. The number of hydrogen-bond acceptors (Lipinski definition) is 1. The van der Waals surface area contributed by atoms with Crippen LogP contribution in [-0.4, -0.2) is 21.2 Å². The lowest BCUT2D eigenvalue weighted by Gasteiger charge is -2.17. The van der Waals surface area contributed by atoms with Crippen molar-refractivity contribution in [2.75, 3.05) is 0 Å². The SMILES string of the molecule is CCCc1cc(CCC)cc(CCc2cccc(C(c3ccc[nH]3)c3ccc[nH]3)c2)c1.CCCc1cc(CCC)cc(CCc2cccc(C=O)c2)c1.c1cc[nH]c1. The molecule has 0 unspecified atom stereocenters. The van der Waals surface area contributed by atoms with Crippen molar-refractivity contribution in [2.45, 2.75) is 111 Å². The maximum atomic E-state index is 10.9. The minimum Gasteiger partial charge on any atom is -0.368 e. The Balaban J connectivity index is 0.000000206. The first-order valence-electron chi connectivity index (χ1n) is 21.7. The molecule has 0 fully saturated rings. The van der Waals surface area contributed by atoms with E-state index in [0.717, 1.165) is 50.4 Å². The summed E-state index contributed by atoms with van der Waals surface area (Å²) >= 11 is 0. The van der Waals surface area contributed by atoms with E-state index in [0.29, 0.717) is 0 Å². The standard InChI is InChI=1S/C29H34N2.C21H26O.C4H5N/c1-3-8-23-18-24(9-4-2)20-25(19-23)15-14-22-10-5-11-26(21-22)29(27-12-6-16-30-27)28-13-7-17-31-28;1-3-6-18-13-19(7-4-2)15-20(14-18)11-10-17-8-5-9-21(12-17)16-22;1-2-4-5-3-1/h5-7,10-13,16-21,29-31H,3-4,8-9,14-15H2,1-2H3;5,8-9,12-16H,3-4,6-7,10-11H2,1-2H3;1-5H. The van der Waals surface area contributed by atoms with Gasteiger partial charge in [0.2, 0.25) is 0 Å². The summed E-state index contributed by atoms with van der Waals surface area (Å²) in [5.41, 5.74) is 16.0. The van der Waals surface area contributed by atoms with Gasteiger partial charge in [-0.3, -0.25) is 4.79 Å². The first-order chi connectivity index (χ1) is 28.5. The molecule has 0 amide bonds. The summed E-state index contributed by atoms with van der Waals surface area (Å²) in [4.78, 5) is 20.6. The lowest BCUT2D eigenvalue weighted by atomic mass is 9.90. The summed E-state index contributed by atoms with van der Waals surface area (Å²) in [6.07, 6.45) is 22.3. The predicted octanol–water partition coefficient (Wildman–Crippen LogP) is 13.4. The van der Waals surface area contributed by atoms with Gasteiger partial charge in [0.15, 0.2) is 0 Å². The van der Waals surface area contributed by atoms with Crippen molar-refractivity contribution in [3.63, 3.8) is 0 Å². The Kier molecular flexibility index (Phi) is 18.2. The van der Waals surface area contributed by atoms with E-state index in [2.05, 4.69) is 134 Å². The molecule has 4 nitrogen and oxygen atoms in total. The van der Waals surface area contributed by atoms with Gasteiger partial charge < -0.3 is 15.0 Å². The van der Waals surface area contributed by atoms with Crippen LogP contribution >= 0.6 is 0 Å². The fraction of sp³-hybridized carbons (Fsp3) is 0.315. The second kappa shape index (κ2) is 24.2. The molecule has 0 atom stereocenters. The molecule has 7 aromatic rings. The van der Waals surface area contributed by atoms with E-state index >= 15 is 0 Å². The van der Waals surface area contributed by atoms with Crippen LogP contribution in [0.3, 0.4) is 0 Å². The molecule has 0 radical (unpaired) electrons. The number of aromatic amines is 3. The Hall–Kier alpha value is -5.61. The fourth-order valence-electron chi connectivity index (χ4n) is 7.88. The molecule has 0 saturated heterocycles. The van der Waals surface area contributed by atoms with Crippen molar-refractivity contribution in [1.82, 2.24) is 15.0 Å². The van der Waals surface area contributed by atoms with Crippen LogP contribution in [0.4, 0.5) is 0 Å². The van der Waals surface area contributed by atoms with Gasteiger partial charge in [-0.25, -0.2) is 0 Å². The molecule has 3 heterocycles. The van der Waals surface area contributed by atoms with Crippen LogP contribution in [0.25, 0.3) is 0 Å². The van der Waals surface area contributed by atoms with Gasteiger partial charge in [0.25, 0.3) is 0 Å². The van der Waals surface area contributed by atoms with Gasteiger partial charge in [-0.05, 0) is 144 Å². The number of hydrogen-bond donors (Lipinski definition) is 3. The highest BCUT2D eigenvalue weighted by Gasteiger charge is 2.18. The Morgan fingerprint density at radius 1 is 0.414 bits per heavy atom. The van der Waals surface area contributed by atoms with Crippen LogP contribution in [0, 0.1) is 0 Å². The van der Waals surface area contributed by atoms with E-state index in [4.69, 9.17) is 0 Å². The summed E-state index contributed by atoms with van der Waals surface area (Å²) in [5, 5.41) is 0. The molecule has 0 saturated carbocycles. The van der Waals surface area contributed by atoms with Crippen molar-refractivity contribution in [1.29, 1.82) is 0 Å². The Bertz CT molecular complexity index is 2060. The number of aromatic nitrogens is 3. The molecule has 0 bridgehead atoms. The minimum atomic E-state index is 0.203. The number of H-pyrrole nitrogens is 3. The second-order valence-electron chi connectivity index (χ2n) is 15.5. The number of rotatable bonds is 18. The molecule has 58 heavy (non-hydrogen) atoms.